The maximum Gasteiger partial charge on any atom is 0.401 e. The molecule has 0 spiro atoms. The number of alkyl halides is 3. The average molecular weight is 278 g/mol. The van der Waals surface area contributed by atoms with Gasteiger partial charge in [0.2, 0.25) is 0 Å². The maximum atomic E-state index is 12.3. The number of piperazine rings is 1. The van der Waals surface area contributed by atoms with E-state index in [1.165, 1.54) is 4.90 Å². The first kappa shape index (κ1) is 14.8. The van der Waals surface area contributed by atoms with E-state index < -0.39 is 12.7 Å². The molecule has 0 atom stereocenters. The number of hydrogen-bond donors (Lipinski definition) is 0. The molecule has 0 amide bonds. The number of carbonyl (C=O) groups is 1. The summed E-state index contributed by atoms with van der Waals surface area (Å²) in [4.78, 5) is 14.9. The van der Waals surface area contributed by atoms with Gasteiger partial charge in [-0.1, -0.05) is 12.8 Å². The Balaban J connectivity index is 1.78. The molecule has 2 rings (SSSR count). The van der Waals surface area contributed by atoms with Gasteiger partial charge in [-0.3, -0.25) is 9.80 Å². The van der Waals surface area contributed by atoms with Crippen LogP contribution in [0.4, 0.5) is 13.2 Å². The Bertz CT molecular complexity index is 306. The molecule has 0 radical (unpaired) electrons. The molecule has 2 fully saturated rings. The number of halogens is 3. The third-order valence-electron chi connectivity index (χ3n) is 4.26. The van der Waals surface area contributed by atoms with Crippen molar-refractivity contribution >= 4 is 6.29 Å². The molecule has 1 aliphatic heterocycles. The van der Waals surface area contributed by atoms with Crippen LogP contribution in [0.3, 0.4) is 0 Å². The largest absolute Gasteiger partial charge is 0.401 e. The van der Waals surface area contributed by atoms with Crippen molar-refractivity contribution in [3.63, 3.8) is 0 Å². The molecule has 0 aromatic rings. The third kappa shape index (κ3) is 4.18. The summed E-state index contributed by atoms with van der Waals surface area (Å²) in [7, 11) is 0. The monoisotopic (exact) mass is 278 g/mol. The summed E-state index contributed by atoms with van der Waals surface area (Å²) < 4.78 is 36.8. The lowest BCUT2D eigenvalue weighted by Gasteiger charge is -2.38. The number of nitrogens with zero attached hydrogens (tertiary/aromatic N) is 2. The number of rotatable bonds is 4. The summed E-state index contributed by atoms with van der Waals surface area (Å²) in [6.45, 7) is 2.04. The molecule has 19 heavy (non-hydrogen) atoms. The first-order valence-corrected chi connectivity index (χ1v) is 6.90. The van der Waals surface area contributed by atoms with E-state index in [4.69, 9.17) is 0 Å². The molecule has 0 aromatic heterocycles. The van der Waals surface area contributed by atoms with Gasteiger partial charge in [0.15, 0.2) is 0 Å². The highest BCUT2D eigenvalue weighted by molar-refractivity contribution is 5.60. The molecule has 1 saturated heterocycles. The third-order valence-corrected chi connectivity index (χ3v) is 4.26. The van der Waals surface area contributed by atoms with Crippen LogP contribution >= 0.6 is 0 Å². The SMILES string of the molecule is O=CC1(CN2CCN(CC(F)(F)F)CC2)CCCC1. The van der Waals surface area contributed by atoms with Crippen LogP contribution in [-0.4, -0.2) is 61.5 Å². The van der Waals surface area contributed by atoms with Crippen LogP contribution in [-0.2, 0) is 4.79 Å². The minimum atomic E-state index is -4.11. The quantitative estimate of drug-likeness (QED) is 0.734. The van der Waals surface area contributed by atoms with E-state index in [-0.39, 0.29) is 5.41 Å². The predicted octanol–water partition coefficient (Wildman–Crippen LogP) is 1.93. The van der Waals surface area contributed by atoms with Crippen molar-refractivity contribution in [3.8, 4) is 0 Å². The second kappa shape index (κ2) is 5.79. The molecule has 2 aliphatic rings. The second-order valence-electron chi connectivity index (χ2n) is 5.85. The molecule has 0 N–H and O–H groups in total. The highest BCUT2D eigenvalue weighted by atomic mass is 19.4. The Morgan fingerprint density at radius 1 is 1.00 bits per heavy atom. The zero-order valence-electron chi connectivity index (χ0n) is 11.1. The highest BCUT2D eigenvalue weighted by Crippen LogP contribution is 2.37. The van der Waals surface area contributed by atoms with Crippen LogP contribution in [0.25, 0.3) is 0 Å². The molecular weight excluding hydrogens is 257 g/mol. The Hall–Kier alpha value is -0.620. The Labute approximate surface area is 111 Å². The fourth-order valence-electron chi connectivity index (χ4n) is 3.20. The van der Waals surface area contributed by atoms with Crippen LogP contribution in [0.5, 0.6) is 0 Å². The molecule has 6 heteroatoms. The van der Waals surface area contributed by atoms with Gasteiger partial charge in [-0.15, -0.1) is 0 Å². The van der Waals surface area contributed by atoms with Crippen molar-refractivity contribution in [2.75, 3.05) is 39.3 Å². The summed E-state index contributed by atoms with van der Waals surface area (Å²) in [6.07, 6.45) is 0.998. The van der Waals surface area contributed by atoms with E-state index in [1.54, 1.807) is 0 Å². The van der Waals surface area contributed by atoms with E-state index >= 15 is 0 Å². The minimum absolute atomic E-state index is 0.230. The summed E-state index contributed by atoms with van der Waals surface area (Å²) in [6, 6.07) is 0. The van der Waals surface area contributed by atoms with Gasteiger partial charge in [0.05, 0.1) is 6.54 Å². The molecular formula is C13H21F3N2O. The molecule has 0 aromatic carbocycles. The van der Waals surface area contributed by atoms with E-state index in [0.717, 1.165) is 38.5 Å². The first-order valence-electron chi connectivity index (χ1n) is 6.90. The lowest BCUT2D eigenvalue weighted by Crippen LogP contribution is -2.51. The fourth-order valence-corrected chi connectivity index (χ4v) is 3.20. The minimum Gasteiger partial charge on any atom is -0.303 e. The molecule has 0 bridgehead atoms. The van der Waals surface area contributed by atoms with Gasteiger partial charge >= 0.3 is 6.18 Å². The smallest absolute Gasteiger partial charge is 0.303 e. The van der Waals surface area contributed by atoms with Crippen molar-refractivity contribution in [1.82, 2.24) is 9.80 Å². The summed E-state index contributed by atoms with van der Waals surface area (Å²) in [5, 5.41) is 0. The second-order valence-corrected chi connectivity index (χ2v) is 5.85. The van der Waals surface area contributed by atoms with Gasteiger partial charge in [-0.25, -0.2) is 0 Å². The van der Waals surface area contributed by atoms with E-state index in [9.17, 15) is 18.0 Å². The van der Waals surface area contributed by atoms with Gasteiger partial charge in [0, 0.05) is 38.1 Å². The zero-order valence-corrected chi connectivity index (χ0v) is 11.1. The van der Waals surface area contributed by atoms with E-state index in [2.05, 4.69) is 4.90 Å². The molecule has 3 nitrogen and oxygen atoms in total. The number of aldehydes is 1. The van der Waals surface area contributed by atoms with E-state index in [1.807, 2.05) is 0 Å². The van der Waals surface area contributed by atoms with Gasteiger partial charge in [0.1, 0.15) is 6.29 Å². The predicted molar refractivity (Wildman–Crippen MR) is 65.9 cm³/mol. The first-order chi connectivity index (χ1) is 8.92. The van der Waals surface area contributed by atoms with Crippen molar-refractivity contribution in [1.29, 1.82) is 0 Å². The maximum absolute atomic E-state index is 12.3. The van der Waals surface area contributed by atoms with Gasteiger partial charge in [-0.2, -0.15) is 13.2 Å². The van der Waals surface area contributed by atoms with Crippen LogP contribution in [0, 0.1) is 5.41 Å². The Morgan fingerprint density at radius 2 is 1.53 bits per heavy atom. The molecule has 1 aliphatic carbocycles. The summed E-state index contributed by atoms with van der Waals surface area (Å²) in [5.74, 6) is 0. The summed E-state index contributed by atoms with van der Waals surface area (Å²) >= 11 is 0. The van der Waals surface area contributed by atoms with Crippen molar-refractivity contribution in [2.24, 2.45) is 5.41 Å². The fraction of sp³-hybridized carbons (Fsp3) is 0.923. The summed E-state index contributed by atoms with van der Waals surface area (Å²) in [5.41, 5.74) is -0.230. The van der Waals surface area contributed by atoms with Crippen LogP contribution < -0.4 is 0 Å². The van der Waals surface area contributed by atoms with Crippen LogP contribution in [0.1, 0.15) is 25.7 Å². The van der Waals surface area contributed by atoms with Crippen molar-refractivity contribution < 1.29 is 18.0 Å². The molecule has 1 saturated carbocycles. The molecule has 110 valence electrons. The van der Waals surface area contributed by atoms with Gasteiger partial charge in [0.25, 0.3) is 0 Å². The van der Waals surface area contributed by atoms with Crippen molar-refractivity contribution in [2.45, 2.75) is 31.9 Å². The highest BCUT2D eigenvalue weighted by Gasteiger charge is 2.37. The Kier molecular flexibility index (Phi) is 4.50. The van der Waals surface area contributed by atoms with Crippen LogP contribution in [0.15, 0.2) is 0 Å². The normalized spacial score (nSPS) is 25.6. The Morgan fingerprint density at radius 3 is 2.00 bits per heavy atom. The zero-order chi connectivity index (χ0) is 13.9. The topological polar surface area (TPSA) is 23.6 Å². The lowest BCUT2D eigenvalue weighted by molar-refractivity contribution is -0.149. The van der Waals surface area contributed by atoms with E-state index in [0.29, 0.717) is 26.2 Å². The number of carbonyl (C=O) groups excluding carboxylic acids is 1. The standard InChI is InChI=1S/C13H21F3N2O/c14-13(15,16)10-18-7-5-17(6-8-18)9-12(11-19)3-1-2-4-12/h11H,1-10H2. The van der Waals surface area contributed by atoms with Gasteiger partial charge < -0.3 is 4.79 Å². The average Bonchev–Trinajstić information content (AvgIpc) is 2.79. The number of hydrogen-bond acceptors (Lipinski definition) is 3. The lowest BCUT2D eigenvalue weighted by atomic mass is 9.87. The van der Waals surface area contributed by atoms with Crippen molar-refractivity contribution in [3.05, 3.63) is 0 Å². The molecule has 1 heterocycles. The van der Waals surface area contributed by atoms with Crippen LogP contribution in [0.2, 0.25) is 0 Å². The van der Waals surface area contributed by atoms with Gasteiger partial charge in [-0.05, 0) is 12.8 Å². The molecule has 0 unspecified atom stereocenters.